The van der Waals surface area contributed by atoms with Crippen molar-refractivity contribution < 1.29 is 0 Å². The number of hydrogen-bond donors (Lipinski definition) is 1. The first-order chi connectivity index (χ1) is 8.83. The second-order valence-corrected chi connectivity index (χ2v) is 5.18. The third-order valence-electron chi connectivity index (χ3n) is 2.81. The monoisotopic (exact) mass is 255 g/mol. The lowest BCUT2D eigenvalue weighted by Crippen LogP contribution is -2.00. The zero-order chi connectivity index (χ0) is 12.4. The molecule has 3 nitrogen and oxygen atoms in total. The van der Waals surface area contributed by atoms with Gasteiger partial charge in [0.25, 0.3) is 0 Å². The highest BCUT2D eigenvalue weighted by Gasteiger charge is 2.02. The summed E-state index contributed by atoms with van der Waals surface area (Å²) in [5, 5.41) is 8.96. The van der Waals surface area contributed by atoms with Crippen molar-refractivity contribution in [2.45, 2.75) is 13.5 Å². The van der Waals surface area contributed by atoms with Crippen LogP contribution in [0.15, 0.2) is 42.0 Å². The number of thiazole rings is 1. The van der Waals surface area contributed by atoms with E-state index in [0.29, 0.717) is 0 Å². The molecule has 2 aromatic heterocycles. The summed E-state index contributed by atoms with van der Waals surface area (Å²) in [4.78, 5) is 8.63. The first-order valence-electron chi connectivity index (χ1n) is 5.80. The summed E-state index contributed by atoms with van der Waals surface area (Å²) in [6, 6.07) is 8.24. The van der Waals surface area contributed by atoms with Crippen LogP contribution < -0.4 is 5.32 Å². The van der Waals surface area contributed by atoms with E-state index in [1.807, 2.05) is 25.4 Å². The first-order valence-corrected chi connectivity index (χ1v) is 6.68. The lowest BCUT2D eigenvalue weighted by Gasteiger charge is -2.07. The van der Waals surface area contributed by atoms with Crippen LogP contribution in [0.2, 0.25) is 0 Å². The largest absolute Gasteiger partial charge is 0.379 e. The van der Waals surface area contributed by atoms with Crippen LogP contribution in [0.25, 0.3) is 10.8 Å². The van der Waals surface area contributed by atoms with Gasteiger partial charge in [-0.25, -0.2) is 4.98 Å². The van der Waals surface area contributed by atoms with Gasteiger partial charge >= 0.3 is 0 Å². The molecule has 0 saturated carbocycles. The van der Waals surface area contributed by atoms with Gasteiger partial charge in [-0.3, -0.25) is 4.98 Å². The molecule has 0 amide bonds. The first kappa shape index (κ1) is 11.2. The minimum Gasteiger partial charge on any atom is -0.379 e. The number of nitrogens with one attached hydrogen (secondary N) is 1. The van der Waals surface area contributed by atoms with Crippen molar-refractivity contribution in [3.05, 3.63) is 52.7 Å². The topological polar surface area (TPSA) is 37.8 Å². The number of aromatic nitrogens is 2. The molecule has 0 aliphatic heterocycles. The predicted molar refractivity (Wildman–Crippen MR) is 75.9 cm³/mol. The zero-order valence-corrected chi connectivity index (χ0v) is 10.9. The van der Waals surface area contributed by atoms with Crippen molar-refractivity contribution in [3.63, 3.8) is 0 Å². The second-order valence-electron chi connectivity index (χ2n) is 4.11. The van der Waals surface area contributed by atoms with E-state index in [-0.39, 0.29) is 0 Å². The van der Waals surface area contributed by atoms with Gasteiger partial charge in [0.15, 0.2) is 0 Å². The van der Waals surface area contributed by atoms with Crippen LogP contribution in [-0.2, 0) is 6.54 Å². The smallest absolute Gasteiger partial charge is 0.0898 e. The van der Waals surface area contributed by atoms with E-state index < -0.39 is 0 Å². The average molecular weight is 255 g/mol. The molecule has 4 heteroatoms. The summed E-state index contributed by atoms with van der Waals surface area (Å²) in [5.74, 6) is 0. The fourth-order valence-corrected chi connectivity index (χ4v) is 2.56. The zero-order valence-electron chi connectivity index (χ0n) is 10.1. The summed E-state index contributed by atoms with van der Waals surface area (Å²) in [7, 11) is 0. The number of fused-ring (bicyclic) bond motifs is 1. The molecule has 90 valence electrons. The van der Waals surface area contributed by atoms with Gasteiger partial charge in [-0.15, -0.1) is 11.3 Å². The quantitative estimate of drug-likeness (QED) is 0.777. The lowest BCUT2D eigenvalue weighted by atomic mass is 10.1. The molecule has 1 N–H and O–H groups in total. The van der Waals surface area contributed by atoms with Gasteiger partial charge in [0.2, 0.25) is 0 Å². The highest BCUT2D eigenvalue weighted by Crippen LogP contribution is 2.22. The molecule has 0 unspecified atom stereocenters. The molecule has 0 bridgehead atoms. The standard InChI is InChI=1S/C14H13N3S/c1-10-17-12(9-18-10)7-16-14-4-2-3-11-5-6-15-8-13(11)14/h2-6,8-9,16H,7H2,1H3. The Bertz CT molecular complexity index is 670. The highest BCUT2D eigenvalue weighted by molar-refractivity contribution is 7.09. The van der Waals surface area contributed by atoms with Crippen molar-refractivity contribution in [1.29, 1.82) is 0 Å². The van der Waals surface area contributed by atoms with Gasteiger partial charge in [-0.2, -0.15) is 0 Å². The maximum absolute atomic E-state index is 4.45. The van der Waals surface area contributed by atoms with Gasteiger partial charge < -0.3 is 5.32 Å². The lowest BCUT2D eigenvalue weighted by molar-refractivity contribution is 1.06. The average Bonchev–Trinajstić information content (AvgIpc) is 2.82. The van der Waals surface area contributed by atoms with Crippen LogP contribution in [0.3, 0.4) is 0 Å². The van der Waals surface area contributed by atoms with E-state index in [1.54, 1.807) is 11.3 Å². The second kappa shape index (κ2) is 4.74. The van der Waals surface area contributed by atoms with Crippen molar-refractivity contribution in [1.82, 2.24) is 9.97 Å². The van der Waals surface area contributed by atoms with E-state index in [0.717, 1.165) is 28.3 Å². The van der Waals surface area contributed by atoms with Crippen molar-refractivity contribution in [2.24, 2.45) is 0 Å². The van der Waals surface area contributed by atoms with Gasteiger partial charge in [0.1, 0.15) is 0 Å². The maximum atomic E-state index is 4.45. The van der Waals surface area contributed by atoms with Crippen LogP contribution in [0, 0.1) is 6.92 Å². The molecule has 0 atom stereocenters. The van der Waals surface area contributed by atoms with Crippen LogP contribution in [-0.4, -0.2) is 9.97 Å². The molecule has 0 saturated heterocycles. The molecule has 0 radical (unpaired) electrons. The Morgan fingerprint density at radius 1 is 1.28 bits per heavy atom. The number of aryl methyl sites for hydroxylation is 1. The summed E-state index contributed by atoms with van der Waals surface area (Å²) in [6.07, 6.45) is 3.71. The van der Waals surface area contributed by atoms with E-state index in [9.17, 15) is 0 Å². The Hall–Kier alpha value is -1.94. The number of benzene rings is 1. The van der Waals surface area contributed by atoms with Crippen LogP contribution in [0.1, 0.15) is 10.7 Å². The van der Waals surface area contributed by atoms with Crippen molar-refractivity contribution in [2.75, 3.05) is 5.32 Å². The number of hydrogen-bond acceptors (Lipinski definition) is 4. The van der Waals surface area contributed by atoms with Crippen LogP contribution in [0.5, 0.6) is 0 Å². The third-order valence-corrected chi connectivity index (χ3v) is 3.63. The number of anilines is 1. The molecule has 0 aliphatic rings. The molecule has 2 heterocycles. The summed E-state index contributed by atoms with van der Waals surface area (Å²) < 4.78 is 0. The van der Waals surface area contributed by atoms with E-state index in [4.69, 9.17) is 0 Å². The number of pyridine rings is 1. The maximum Gasteiger partial charge on any atom is 0.0898 e. The molecule has 0 fully saturated rings. The Balaban J connectivity index is 1.86. The summed E-state index contributed by atoms with van der Waals surface area (Å²) in [5.41, 5.74) is 2.18. The Labute approximate surface area is 110 Å². The SMILES string of the molecule is Cc1nc(CNc2cccc3ccncc23)cs1. The van der Waals surface area contributed by atoms with Crippen molar-refractivity contribution in [3.8, 4) is 0 Å². The Morgan fingerprint density at radius 3 is 3.06 bits per heavy atom. The molecule has 3 aromatic rings. The number of nitrogens with zero attached hydrogens (tertiary/aromatic N) is 2. The molecule has 0 aliphatic carbocycles. The molecule has 18 heavy (non-hydrogen) atoms. The normalized spacial score (nSPS) is 10.7. The van der Waals surface area contributed by atoms with E-state index >= 15 is 0 Å². The van der Waals surface area contributed by atoms with Gasteiger partial charge in [-0.05, 0) is 24.4 Å². The van der Waals surface area contributed by atoms with Gasteiger partial charge in [-0.1, -0.05) is 12.1 Å². The molecule has 1 aromatic carbocycles. The molecule has 0 spiro atoms. The van der Waals surface area contributed by atoms with Crippen LogP contribution in [0.4, 0.5) is 5.69 Å². The Kier molecular flexibility index (Phi) is 2.94. The summed E-state index contributed by atoms with van der Waals surface area (Å²) >= 11 is 1.68. The fraction of sp³-hybridized carbons (Fsp3) is 0.143. The Morgan fingerprint density at radius 2 is 2.22 bits per heavy atom. The van der Waals surface area contributed by atoms with Crippen LogP contribution >= 0.6 is 11.3 Å². The molecular weight excluding hydrogens is 242 g/mol. The molecule has 3 rings (SSSR count). The predicted octanol–water partition coefficient (Wildman–Crippen LogP) is 3.61. The number of rotatable bonds is 3. The van der Waals surface area contributed by atoms with Crippen molar-refractivity contribution >= 4 is 27.8 Å². The van der Waals surface area contributed by atoms with E-state index in [1.165, 1.54) is 5.39 Å². The minimum atomic E-state index is 0.748. The highest BCUT2D eigenvalue weighted by atomic mass is 32.1. The fourth-order valence-electron chi connectivity index (χ4n) is 1.94. The summed E-state index contributed by atoms with van der Waals surface area (Å²) in [6.45, 7) is 2.77. The van der Waals surface area contributed by atoms with Gasteiger partial charge in [0.05, 0.1) is 17.2 Å². The minimum absolute atomic E-state index is 0.748. The third kappa shape index (κ3) is 2.19. The van der Waals surface area contributed by atoms with E-state index in [2.05, 4.69) is 38.9 Å². The van der Waals surface area contributed by atoms with Gasteiger partial charge in [0, 0.05) is 28.8 Å². The molecular formula is C14H13N3S.